The van der Waals surface area contributed by atoms with Crippen molar-refractivity contribution in [1.29, 1.82) is 0 Å². The lowest BCUT2D eigenvalue weighted by Crippen LogP contribution is -2.28. The summed E-state index contributed by atoms with van der Waals surface area (Å²) in [6, 6.07) is 0.683. The first-order valence-corrected chi connectivity index (χ1v) is 8.73. The summed E-state index contributed by atoms with van der Waals surface area (Å²) < 4.78 is 79.8. The molecule has 0 aliphatic carbocycles. The highest BCUT2D eigenvalue weighted by atomic mass is 79.9. The summed E-state index contributed by atoms with van der Waals surface area (Å²) in [5, 5.41) is 5.96. The van der Waals surface area contributed by atoms with Gasteiger partial charge in [0.1, 0.15) is 22.9 Å². The van der Waals surface area contributed by atoms with Crippen LogP contribution in [0.2, 0.25) is 0 Å². The van der Waals surface area contributed by atoms with Gasteiger partial charge in [-0.2, -0.15) is 31.4 Å². The number of hydrogen-bond donors (Lipinski definition) is 1. The summed E-state index contributed by atoms with van der Waals surface area (Å²) in [7, 11) is 1.53. The first-order chi connectivity index (χ1) is 13.8. The normalized spacial score (nSPS) is 12.4. The molecule has 0 aliphatic rings. The van der Waals surface area contributed by atoms with Crippen LogP contribution >= 0.6 is 15.9 Å². The molecule has 160 valence electrons. The molecule has 0 unspecified atom stereocenters. The van der Waals surface area contributed by atoms with E-state index < -0.39 is 47.2 Å². The van der Waals surface area contributed by atoms with Crippen molar-refractivity contribution in [2.24, 2.45) is 7.05 Å². The zero-order chi connectivity index (χ0) is 22.4. The highest BCUT2D eigenvalue weighted by Gasteiger charge is 2.37. The molecule has 0 saturated heterocycles. The summed E-state index contributed by atoms with van der Waals surface area (Å²) in [6.07, 6.45) is -9.09. The molecule has 0 saturated carbocycles. The molecule has 0 radical (unpaired) electrons. The molecule has 2 heterocycles. The van der Waals surface area contributed by atoms with E-state index >= 15 is 0 Å². The standard InChI is InChI=1S/C16H10BrF6N5O2/c1-27-13-11(12(17)26-27)14(30)28(6-24-13)5-10(29)25-9-3-7(15(18,19)20)2-8(4-9)16(21,22)23/h2-4,6H,5H2,1H3,(H,25,29). The summed E-state index contributed by atoms with van der Waals surface area (Å²) in [5.41, 5.74) is -4.32. The van der Waals surface area contributed by atoms with Gasteiger partial charge in [-0.25, -0.2) is 9.67 Å². The second kappa shape index (κ2) is 7.41. The molecule has 14 heteroatoms. The van der Waals surface area contributed by atoms with Crippen molar-refractivity contribution >= 4 is 38.6 Å². The van der Waals surface area contributed by atoms with Crippen LogP contribution in [0.4, 0.5) is 32.0 Å². The maximum atomic E-state index is 12.9. The third kappa shape index (κ3) is 4.32. The minimum atomic E-state index is -5.06. The van der Waals surface area contributed by atoms with Gasteiger partial charge in [-0.3, -0.25) is 14.2 Å². The van der Waals surface area contributed by atoms with Crippen LogP contribution in [0, 0.1) is 0 Å². The smallest absolute Gasteiger partial charge is 0.325 e. The number of hydrogen-bond acceptors (Lipinski definition) is 4. The van der Waals surface area contributed by atoms with E-state index in [0.717, 1.165) is 10.9 Å². The largest absolute Gasteiger partial charge is 0.416 e. The minimum Gasteiger partial charge on any atom is -0.325 e. The Labute approximate surface area is 171 Å². The number of carbonyl (C=O) groups excluding carboxylic acids is 1. The van der Waals surface area contributed by atoms with Crippen molar-refractivity contribution in [2.75, 3.05) is 5.32 Å². The lowest BCUT2D eigenvalue weighted by molar-refractivity contribution is -0.143. The van der Waals surface area contributed by atoms with Crippen molar-refractivity contribution in [1.82, 2.24) is 19.3 Å². The summed E-state index contributed by atoms with van der Waals surface area (Å²) in [6.45, 7) is -0.694. The molecular formula is C16H10BrF6N5O2. The van der Waals surface area contributed by atoms with E-state index in [1.165, 1.54) is 11.7 Å². The van der Waals surface area contributed by atoms with Crippen LogP contribution < -0.4 is 10.9 Å². The molecule has 1 amide bonds. The Morgan fingerprint density at radius 2 is 1.67 bits per heavy atom. The summed E-state index contributed by atoms with van der Waals surface area (Å²) in [5.74, 6) is -1.02. The molecule has 2 aromatic heterocycles. The van der Waals surface area contributed by atoms with Gasteiger partial charge in [-0.15, -0.1) is 0 Å². The van der Waals surface area contributed by atoms with E-state index in [2.05, 4.69) is 26.0 Å². The molecule has 0 aliphatic heterocycles. The molecule has 0 spiro atoms. The molecule has 3 aromatic rings. The van der Waals surface area contributed by atoms with Crippen molar-refractivity contribution in [3.05, 3.63) is 50.6 Å². The van der Waals surface area contributed by atoms with Crippen LogP contribution in [-0.2, 0) is 30.7 Å². The predicted octanol–water partition coefficient (Wildman–Crippen LogP) is 3.57. The van der Waals surface area contributed by atoms with E-state index in [4.69, 9.17) is 0 Å². The number of alkyl halides is 6. The van der Waals surface area contributed by atoms with Crippen LogP contribution in [0.25, 0.3) is 11.0 Å². The van der Waals surface area contributed by atoms with Crippen molar-refractivity contribution in [3.8, 4) is 0 Å². The number of carbonyl (C=O) groups is 1. The number of halogens is 7. The number of rotatable bonds is 3. The Morgan fingerprint density at radius 3 is 2.20 bits per heavy atom. The topological polar surface area (TPSA) is 81.8 Å². The van der Waals surface area contributed by atoms with E-state index in [1.54, 1.807) is 0 Å². The average Bonchev–Trinajstić information content (AvgIpc) is 2.90. The summed E-state index contributed by atoms with van der Waals surface area (Å²) >= 11 is 3.08. The quantitative estimate of drug-likeness (QED) is 0.561. The fourth-order valence-corrected chi connectivity index (χ4v) is 3.22. The van der Waals surface area contributed by atoms with E-state index in [1.807, 2.05) is 5.32 Å². The van der Waals surface area contributed by atoms with Crippen LogP contribution in [0.15, 0.2) is 33.9 Å². The predicted molar refractivity (Wildman–Crippen MR) is 95.5 cm³/mol. The first kappa shape index (κ1) is 21.8. The monoisotopic (exact) mass is 497 g/mol. The van der Waals surface area contributed by atoms with Crippen LogP contribution in [0.5, 0.6) is 0 Å². The van der Waals surface area contributed by atoms with Crippen molar-refractivity contribution in [2.45, 2.75) is 18.9 Å². The number of nitrogens with zero attached hydrogens (tertiary/aromatic N) is 4. The van der Waals surface area contributed by atoms with Gasteiger partial charge < -0.3 is 5.32 Å². The molecule has 30 heavy (non-hydrogen) atoms. The van der Waals surface area contributed by atoms with Gasteiger partial charge in [-0.05, 0) is 34.1 Å². The Kier molecular flexibility index (Phi) is 5.39. The number of fused-ring (bicyclic) bond motifs is 1. The Bertz CT molecular complexity index is 1170. The molecule has 3 rings (SSSR count). The third-order valence-electron chi connectivity index (χ3n) is 3.95. The SMILES string of the molecule is Cn1nc(Br)c2c(=O)n(CC(=O)Nc3cc(C(F)(F)F)cc(C(F)(F)F)c3)cnc21. The van der Waals surface area contributed by atoms with Gasteiger partial charge in [0.25, 0.3) is 5.56 Å². The lowest BCUT2D eigenvalue weighted by atomic mass is 10.1. The second-order valence-corrected chi connectivity index (χ2v) is 6.88. The van der Waals surface area contributed by atoms with E-state index in [9.17, 15) is 35.9 Å². The molecular weight excluding hydrogens is 488 g/mol. The number of aryl methyl sites for hydroxylation is 1. The summed E-state index contributed by atoms with van der Waals surface area (Å²) in [4.78, 5) is 28.6. The fraction of sp³-hybridized carbons (Fsp3) is 0.250. The van der Waals surface area contributed by atoms with Gasteiger partial charge in [0.05, 0.1) is 11.1 Å². The minimum absolute atomic E-state index is 0.0576. The van der Waals surface area contributed by atoms with Crippen molar-refractivity contribution < 1.29 is 31.1 Å². The highest BCUT2D eigenvalue weighted by molar-refractivity contribution is 9.10. The van der Waals surface area contributed by atoms with Gasteiger partial charge in [0.15, 0.2) is 5.65 Å². The Hall–Kier alpha value is -2.90. The van der Waals surface area contributed by atoms with E-state index in [0.29, 0.717) is 12.1 Å². The highest BCUT2D eigenvalue weighted by Crippen LogP contribution is 2.37. The molecule has 1 N–H and O–H groups in total. The van der Waals surface area contributed by atoms with Gasteiger partial charge in [-0.1, -0.05) is 0 Å². The Balaban J connectivity index is 1.91. The molecule has 7 nitrogen and oxygen atoms in total. The average molecular weight is 498 g/mol. The molecule has 0 atom stereocenters. The molecule has 1 aromatic carbocycles. The van der Waals surface area contributed by atoms with E-state index in [-0.39, 0.29) is 21.7 Å². The number of nitrogens with one attached hydrogen (secondary N) is 1. The molecule has 0 bridgehead atoms. The third-order valence-corrected chi connectivity index (χ3v) is 4.51. The maximum Gasteiger partial charge on any atom is 0.416 e. The van der Waals surface area contributed by atoms with Gasteiger partial charge in [0, 0.05) is 12.7 Å². The Morgan fingerprint density at radius 1 is 1.10 bits per heavy atom. The zero-order valence-corrected chi connectivity index (χ0v) is 16.4. The van der Waals surface area contributed by atoms with Crippen LogP contribution in [0.1, 0.15) is 11.1 Å². The first-order valence-electron chi connectivity index (χ1n) is 7.94. The van der Waals surface area contributed by atoms with Gasteiger partial charge >= 0.3 is 12.4 Å². The number of aromatic nitrogens is 4. The maximum absolute atomic E-state index is 12.9. The lowest BCUT2D eigenvalue weighted by Gasteiger charge is -2.15. The molecule has 0 fully saturated rings. The van der Waals surface area contributed by atoms with Gasteiger partial charge in [0.2, 0.25) is 5.91 Å². The number of anilines is 1. The fourth-order valence-electron chi connectivity index (χ4n) is 2.63. The van der Waals surface area contributed by atoms with Crippen molar-refractivity contribution in [3.63, 3.8) is 0 Å². The number of amides is 1. The second-order valence-electron chi connectivity index (χ2n) is 6.13. The number of benzene rings is 1. The zero-order valence-electron chi connectivity index (χ0n) is 14.8. The van der Waals surface area contributed by atoms with Crippen LogP contribution in [-0.4, -0.2) is 25.2 Å². The van der Waals surface area contributed by atoms with Crippen LogP contribution in [0.3, 0.4) is 0 Å².